The van der Waals surface area contributed by atoms with Crippen molar-refractivity contribution in [2.75, 3.05) is 12.4 Å². The van der Waals surface area contributed by atoms with Crippen molar-refractivity contribution in [2.24, 2.45) is 0 Å². The molecular weight excluding hydrogens is 382 g/mol. The van der Waals surface area contributed by atoms with Gasteiger partial charge >= 0.3 is 5.97 Å². The van der Waals surface area contributed by atoms with Gasteiger partial charge in [-0.15, -0.1) is 23.1 Å². The molecule has 0 radical (unpaired) electrons. The second-order valence-corrected chi connectivity index (χ2v) is 8.76. The summed E-state index contributed by atoms with van der Waals surface area (Å²) < 4.78 is 6.34. The predicted octanol–water partition coefficient (Wildman–Crippen LogP) is 5.36. The fourth-order valence-corrected chi connectivity index (χ4v) is 4.84. The monoisotopic (exact) mass is 401 g/mol. The number of thiophene rings is 1. The lowest BCUT2D eigenvalue weighted by molar-refractivity contribution is 0.0696. The van der Waals surface area contributed by atoms with E-state index in [0.29, 0.717) is 15.8 Å². The van der Waals surface area contributed by atoms with Crippen molar-refractivity contribution in [3.05, 3.63) is 52.9 Å². The van der Waals surface area contributed by atoms with Gasteiger partial charge in [0, 0.05) is 25.9 Å². The van der Waals surface area contributed by atoms with Crippen molar-refractivity contribution in [3.8, 4) is 5.75 Å². The van der Waals surface area contributed by atoms with Crippen molar-refractivity contribution >= 4 is 50.7 Å². The quantitative estimate of drug-likeness (QED) is 0.544. The fourth-order valence-electron chi connectivity index (χ4n) is 2.57. The largest absolute Gasteiger partial charge is 0.497 e. The van der Waals surface area contributed by atoms with Gasteiger partial charge in [-0.2, -0.15) is 0 Å². The molecule has 0 bridgehead atoms. The highest BCUT2D eigenvalue weighted by atomic mass is 32.2. The predicted molar refractivity (Wildman–Crippen MR) is 111 cm³/mol. The van der Waals surface area contributed by atoms with Crippen LogP contribution in [0.15, 0.2) is 47.4 Å². The van der Waals surface area contributed by atoms with E-state index in [4.69, 9.17) is 9.84 Å². The lowest BCUT2D eigenvalue weighted by Crippen LogP contribution is -2.11. The molecule has 0 aliphatic rings. The lowest BCUT2D eigenvalue weighted by Gasteiger charge is -2.09. The molecule has 1 amide bonds. The number of carbonyl (C=O) groups excluding carboxylic acids is 1. The van der Waals surface area contributed by atoms with Gasteiger partial charge in [0.1, 0.15) is 10.6 Å². The molecule has 0 aliphatic carbocycles. The Morgan fingerprint density at radius 1 is 1.15 bits per heavy atom. The third kappa shape index (κ3) is 4.26. The average Bonchev–Trinajstić information content (AvgIpc) is 2.99. The summed E-state index contributed by atoms with van der Waals surface area (Å²) in [5.74, 6) is -0.453. The number of anilines is 1. The number of carboxylic acids is 1. The molecule has 0 fully saturated rings. The van der Waals surface area contributed by atoms with Gasteiger partial charge in [-0.25, -0.2) is 4.79 Å². The van der Waals surface area contributed by atoms with Gasteiger partial charge < -0.3 is 15.2 Å². The van der Waals surface area contributed by atoms with Gasteiger partial charge in [-0.1, -0.05) is 13.8 Å². The highest BCUT2D eigenvalue weighted by Crippen LogP contribution is 2.41. The van der Waals surface area contributed by atoms with Gasteiger partial charge in [0.15, 0.2) is 0 Å². The summed E-state index contributed by atoms with van der Waals surface area (Å²) in [5.41, 5.74) is 0.735. The zero-order valence-electron chi connectivity index (χ0n) is 15.1. The minimum absolute atomic E-state index is 0.179. The average molecular weight is 402 g/mol. The van der Waals surface area contributed by atoms with E-state index in [1.54, 1.807) is 31.0 Å². The zero-order valence-corrected chi connectivity index (χ0v) is 16.7. The first-order valence-corrected chi connectivity index (χ1v) is 10.0. The first-order chi connectivity index (χ1) is 12.9. The molecule has 0 saturated carbocycles. The Morgan fingerprint density at radius 2 is 1.85 bits per heavy atom. The van der Waals surface area contributed by atoms with Crippen molar-refractivity contribution in [1.29, 1.82) is 0 Å². The third-order valence-electron chi connectivity index (χ3n) is 3.80. The van der Waals surface area contributed by atoms with Crippen LogP contribution < -0.4 is 10.1 Å². The number of nitrogens with one attached hydrogen (secondary N) is 1. The van der Waals surface area contributed by atoms with Gasteiger partial charge in [0.05, 0.1) is 12.7 Å². The highest BCUT2D eigenvalue weighted by molar-refractivity contribution is 8.00. The fraction of sp³-hybridized carbons (Fsp3) is 0.200. The van der Waals surface area contributed by atoms with Crippen LogP contribution in [0.5, 0.6) is 5.75 Å². The van der Waals surface area contributed by atoms with Gasteiger partial charge in [0.2, 0.25) is 0 Å². The molecule has 140 valence electrons. The number of methoxy groups -OCH3 is 1. The summed E-state index contributed by atoms with van der Waals surface area (Å²) in [7, 11) is 1.62. The van der Waals surface area contributed by atoms with Crippen LogP contribution >= 0.6 is 23.1 Å². The van der Waals surface area contributed by atoms with E-state index in [-0.39, 0.29) is 11.5 Å². The van der Waals surface area contributed by atoms with Crippen LogP contribution in [0, 0.1) is 0 Å². The Bertz CT molecular complexity index is 993. The second kappa shape index (κ2) is 8.02. The number of thioether (sulfide) groups is 1. The Labute approximate surface area is 165 Å². The molecular formula is C20H19NO4S2. The molecule has 1 aromatic heterocycles. The molecule has 0 atom stereocenters. The minimum atomic E-state index is -0.998. The smallest absolute Gasteiger partial charge is 0.335 e. The number of carboxylic acid groups (broad SMARTS) is 1. The van der Waals surface area contributed by atoms with Crippen LogP contribution in [0.4, 0.5) is 5.69 Å². The maximum absolute atomic E-state index is 12.9. The number of fused-ring (bicyclic) bond motifs is 1. The number of rotatable bonds is 6. The maximum Gasteiger partial charge on any atom is 0.335 e. The van der Waals surface area contributed by atoms with Crippen molar-refractivity contribution < 1.29 is 19.4 Å². The molecule has 2 N–H and O–H groups in total. The summed E-state index contributed by atoms with van der Waals surface area (Å²) >= 11 is 3.08. The minimum Gasteiger partial charge on any atom is -0.497 e. The number of carbonyl (C=O) groups is 2. The van der Waals surface area contributed by atoms with Crippen molar-refractivity contribution in [1.82, 2.24) is 0 Å². The van der Waals surface area contributed by atoms with Crippen molar-refractivity contribution in [2.45, 2.75) is 24.0 Å². The summed E-state index contributed by atoms with van der Waals surface area (Å²) in [6.45, 7) is 4.17. The van der Waals surface area contributed by atoms with E-state index in [0.717, 1.165) is 20.7 Å². The Hall–Kier alpha value is -2.51. The van der Waals surface area contributed by atoms with Gasteiger partial charge in [0.25, 0.3) is 5.91 Å². The van der Waals surface area contributed by atoms with E-state index >= 15 is 0 Å². The third-order valence-corrected chi connectivity index (χ3v) is 6.23. The van der Waals surface area contributed by atoms with Gasteiger partial charge in [-0.05, 0) is 42.5 Å². The number of amides is 1. The summed E-state index contributed by atoms with van der Waals surface area (Å²) in [6, 6.07) is 11.9. The second-order valence-electron chi connectivity index (χ2n) is 6.13. The first-order valence-electron chi connectivity index (χ1n) is 8.31. The number of aromatic carboxylic acids is 1. The summed E-state index contributed by atoms with van der Waals surface area (Å²) in [4.78, 5) is 25.4. The van der Waals surface area contributed by atoms with Crippen LogP contribution in [0.3, 0.4) is 0 Å². The molecule has 3 rings (SSSR count). The zero-order chi connectivity index (χ0) is 19.6. The van der Waals surface area contributed by atoms with E-state index in [2.05, 4.69) is 19.2 Å². The van der Waals surface area contributed by atoms with Crippen LogP contribution in [0.25, 0.3) is 10.1 Å². The molecule has 0 unspecified atom stereocenters. The molecule has 27 heavy (non-hydrogen) atoms. The molecule has 0 aliphatic heterocycles. The molecule has 7 heteroatoms. The number of hydrogen-bond donors (Lipinski definition) is 2. The van der Waals surface area contributed by atoms with E-state index in [9.17, 15) is 9.59 Å². The topological polar surface area (TPSA) is 75.6 Å². The number of ether oxygens (including phenoxy) is 1. The summed E-state index contributed by atoms with van der Waals surface area (Å²) in [5, 5.41) is 13.2. The van der Waals surface area contributed by atoms with Gasteiger partial charge in [-0.3, -0.25) is 4.79 Å². The van der Waals surface area contributed by atoms with E-state index in [1.807, 2.05) is 18.2 Å². The lowest BCUT2D eigenvalue weighted by atomic mass is 10.2. The van der Waals surface area contributed by atoms with Crippen LogP contribution in [0.1, 0.15) is 33.9 Å². The summed E-state index contributed by atoms with van der Waals surface area (Å²) in [6.07, 6.45) is 0. The Kier molecular flexibility index (Phi) is 5.72. The van der Waals surface area contributed by atoms with E-state index < -0.39 is 5.97 Å². The maximum atomic E-state index is 12.9. The number of benzene rings is 2. The molecule has 5 nitrogen and oxygen atoms in total. The normalized spacial score (nSPS) is 11.0. The Morgan fingerprint density at radius 3 is 2.44 bits per heavy atom. The standard InChI is InChI=1S/C20H19NO4S2/c1-11(2)26-17-15-10-14(25-3)8-9-16(15)27-18(17)19(22)21-13-6-4-12(5-7-13)20(23)24/h4-11H,1-3H3,(H,21,22)(H,23,24). The molecule has 2 aromatic carbocycles. The molecule has 1 heterocycles. The molecule has 0 saturated heterocycles. The first kappa shape index (κ1) is 19.3. The van der Waals surface area contributed by atoms with Crippen molar-refractivity contribution in [3.63, 3.8) is 0 Å². The van der Waals surface area contributed by atoms with Crippen LogP contribution in [-0.2, 0) is 0 Å². The molecule has 3 aromatic rings. The van der Waals surface area contributed by atoms with Crippen LogP contribution in [-0.4, -0.2) is 29.3 Å². The Balaban J connectivity index is 1.96. The van der Waals surface area contributed by atoms with E-state index in [1.165, 1.54) is 23.5 Å². The SMILES string of the molecule is COc1ccc2sc(C(=O)Nc3ccc(C(=O)O)cc3)c(SC(C)C)c2c1. The highest BCUT2D eigenvalue weighted by Gasteiger charge is 2.20. The van der Waals surface area contributed by atoms with Crippen LogP contribution in [0.2, 0.25) is 0 Å². The molecule has 0 spiro atoms. The number of hydrogen-bond acceptors (Lipinski definition) is 5.